The van der Waals surface area contributed by atoms with Crippen LogP contribution in [0.2, 0.25) is 0 Å². The molecule has 3 N–H and O–H groups in total. The van der Waals surface area contributed by atoms with E-state index < -0.39 is 26.7 Å². The first-order valence-electron chi connectivity index (χ1n) is 6.80. The van der Waals surface area contributed by atoms with Gasteiger partial charge in [-0.1, -0.05) is 17.7 Å². The number of aliphatic hydroxyl groups is 1. The maximum absolute atomic E-state index is 12.1. The average molecular weight is 338 g/mol. The summed E-state index contributed by atoms with van der Waals surface area (Å²) in [7, 11) is -4.17. The standard InChI is InChI=1S/C15H18N2O5S/c1-10-4-6-12(7-5-10)16-14(18)17-23(20,21)13-8-11(9-22-13)15(2,3)19/h4-9,19H,1-3H3,(H2,16,17,18). The molecule has 0 fully saturated rings. The topological polar surface area (TPSA) is 109 Å². The molecule has 23 heavy (non-hydrogen) atoms. The van der Waals surface area contributed by atoms with Crippen LogP contribution in [0, 0.1) is 6.92 Å². The number of hydrogen-bond donors (Lipinski definition) is 3. The Balaban J connectivity index is 2.10. The maximum atomic E-state index is 12.1. The fourth-order valence-electron chi connectivity index (χ4n) is 1.74. The Hall–Kier alpha value is -2.32. The predicted octanol–water partition coefficient (Wildman–Crippen LogP) is 2.33. The van der Waals surface area contributed by atoms with Gasteiger partial charge in [0.2, 0.25) is 5.09 Å². The van der Waals surface area contributed by atoms with E-state index in [1.54, 1.807) is 24.3 Å². The summed E-state index contributed by atoms with van der Waals surface area (Å²) in [5.41, 5.74) is 0.511. The van der Waals surface area contributed by atoms with Gasteiger partial charge in [-0.15, -0.1) is 0 Å². The molecule has 0 saturated heterocycles. The van der Waals surface area contributed by atoms with Crippen LogP contribution in [0.3, 0.4) is 0 Å². The summed E-state index contributed by atoms with van der Waals surface area (Å²) in [4.78, 5) is 11.8. The molecule has 2 amide bonds. The number of aryl methyl sites for hydroxylation is 1. The highest BCUT2D eigenvalue weighted by Gasteiger charge is 2.26. The van der Waals surface area contributed by atoms with Crippen molar-refractivity contribution in [3.8, 4) is 0 Å². The molecule has 0 aliphatic rings. The van der Waals surface area contributed by atoms with Gasteiger partial charge in [-0.2, -0.15) is 8.42 Å². The van der Waals surface area contributed by atoms with E-state index in [0.717, 1.165) is 11.8 Å². The number of anilines is 1. The maximum Gasteiger partial charge on any atom is 0.333 e. The molecule has 2 aromatic rings. The van der Waals surface area contributed by atoms with E-state index in [4.69, 9.17) is 4.42 Å². The molecule has 8 heteroatoms. The van der Waals surface area contributed by atoms with E-state index in [1.165, 1.54) is 19.9 Å². The number of amides is 2. The minimum absolute atomic E-state index is 0.289. The Morgan fingerprint density at radius 2 is 1.83 bits per heavy atom. The van der Waals surface area contributed by atoms with Crippen LogP contribution in [-0.2, 0) is 15.6 Å². The van der Waals surface area contributed by atoms with Gasteiger partial charge in [0.25, 0.3) is 10.0 Å². The van der Waals surface area contributed by atoms with Gasteiger partial charge in [-0.3, -0.25) is 0 Å². The van der Waals surface area contributed by atoms with Crippen molar-refractivity contribution in [1.29, 1.82) is 0 Å². The van der Waals surface area contributed by atoms with Crippen molar-refractivity contribution in [3.63, 3.8) is 0 Å². The fourth-order valence-corrected chi connectivity index (χ4v) is 2.60. The number of carbonyl (C=O) groups excluding carboxylic acids is 1. The lowest BCUT2D eigenvalue weighted by molar-refractivity contribution is 0.0779. The average Bonchev–Trinajstić information content (AvgIpc) is 2.91. The minimum atomic E-state index is -4.17. The van der Waals surface area contributed by atoms with Crippen LogP contribution in [0.1, 0.15) is 25.0 Å². The summed E-state index contributed by atoms with van der Waals surface area (Å²) in [6.07, 6.45) is 1.13. The zero-order valence-electron chi connectivity index (χ0n) is 13.0. The zero-order chi connectivity index (χ0) is 17.3. The molecule has 0 aliphatic carbocycles. The lowest BCUT2D eigenvalue weighted by Gasteiger charge is -2.13. The van der Waals surface area contributed by atoms with Gasteiger partial charge in [0.15, 0.2) is 0 Å². The highest BCUT2D eigenvalue weighted by atomic mass is 32.2. The van der Waals surface area contributed by atoms with Crippen LogP contribution >= 0.6 is 0 Å². The van der Waals surface area contributed by atoms with Crippen LogP contribution in [0.5, 0.6) is 0 Å². The smallest absolute Gasteiger partial charge is 0.333 e. The first-order valence-corrected chi connectivity index (χ1v) is 8.28. The summed E-state index contributed by atoms with van der Waals surface area (Å²) >= 11 is 0. The van der Waals surface area contributed by atoms with Crippen LogP contribution in [0.25, 0.3) is 0 Å². The number of urea groups is 1. The first-order chi connectivity index (χ1) is 10.6. The minimum Gasteiger partial charge on any atom is -0.451 e. The second-order valence-electron chi connectivity index (χ2n) is 5.64. The van der Waals surface area contributed by atoms with Gasteiger partial charge in [0.05, 0.1) is 11.9 Å². The molecule has 124 valence electrons. The number of carbonyl (C=O) groups is 1. The van der Waals surface area contributed by atoms with Gasteiger partial charge in [0, 0.05) is 17.3 Å². The molecule has 0 radical (unpaired) electrons. The Morgan fingerprint density at radius 1 is 1.22 bits per heavy atom. The lowest BCUT2D eigenvalue weighted by atomic mass is 10.0. The third-order valence-electron chi connectivity index (χ3n) is 3.08. The molecule has 0 aliphatic heterocycles. The molecule has 0 saturated carbocycles. The number of benzene rings is 1. The molecule has 0 atom stereocenters. The fraction of sp³-hybridized carbons (Fsp3) is 0.267. The zero-order valence-corrected chi connectivity index (χ0v) is 13.8. The largest absolute Gasteiger partial charge is 0.451 e. The van der Waals surface area contributed by atoms with Gasteiger partial charge in [0.1, 0.15) is 0 Å². The quantitative estimate of drug-likeness (QED) is 0.793. The Bertz CT molecular complexity index is 801. The molecular weight excluding hydrogens is 320 g/mol. The molecule has 0 spiro atoms. The highest BCUT2D eigenvalue weighted by molar-refractivity contribution is 7.89. The molecule has 2 rings (SSSR count). The molecule has 0 unspecified atom stereocenters. The molecular formula is C15H18N2O5S. The van der Waals surface area contributed by atoms with Crippen molar-refractivity contribution >= 4 is 21.7 Å². The second-order valence-corrected chi connectivity index (χ2v) is 7.25. The van der Waals surface area contributed by atoms with Gasteiger partial charge in [-0.25, -0.2) is 9.52 Å². The number of furan rings is 1. The molecule has 0 bridgehead atoms. The SMILES string of the molecule is Cc1ccc(NC(=O)NS(=O)(=O)c2cc(C(C)(C)O)co2)cc1. The number of rotatable bonds is 4. The van der Waals surface area contributed by atoms with E-state index in [9.17, 15) is 18.3 Å². The van der Waals surface area contributed by atoms with Gasteiger partial charge >= 0.3 is 6.03 Å². The lowest BCUT2D eigenvalue weighted by Crippen LogP contribution is -2.34. The number of hydrogen-bond acceptors (Lipinski definition) is 5. The number of sulfonamides is 1. The summed E-state index contributed by atoms with van der Waals surface area (Å²) < 4.78 is 30.9. The van der Waals surface area contributed by atoms with Crippen molar-refractivity contribution < 1.29 is 22.7 Å². The van der Waals surface area contributed by atoms with Gasteiger partial charge < -0.3 is 14.8 Å². The third kappa shape index (κ3) is 4.33. The van der Waals surface area contributed by atoms with E-state index in [-0.39, 0.29) is 5.56 Å². The summed E-state index contributed by atoms with van der Waals surface area (Å²) in [5, 5.41) is 11.8. The third-order valence-corrected chi connectivity index (χ3v) is 4.28. The Morgan fingerprint density at radius 3 is 2.35 bits per heavy atom. The summed E-state index contributed by atoms with van der Waals surface area (Å²) in [5.74, 6) is 0. The molecule has 1 heterocycles. The van der Waals surface area contributed by atoms with Crippen molar-refractivity contribution in [3.05, 3.63) is 47.7 Å². The Labute approximate surface area is 134 Å². The van der Waals surface area contributed by atoms with Gasteiger partial charge in [-0.05, 0) is 32.9 Å². The summed E-state index contributed by atoms with van der Waals surface area (Å²) in [6.45, 7) is 4.88. The van der Waals surface area contributed by atoms with Crippen molar-refractivity contribution in [1.82, 2.24) is 4.72 Å². The van der Waals surface area contributed by atoms with Crippen molar-refractivity contribution in [2.24, 2.45) is 0 Å². The normalized spacial score (nSPS) is 12.0. The van der Waals surface area contributed by atoms with E-state index in [1.807, 2.05) is 11.6 Å². The van der Waals surface area contributed by atoms with E-state index in [0.29, 0.717) is 5.69 Å². The van der Waals surface area contributed by atoms with Crippen LogP contribution in [0.4, 0.5) is 10.5 Å². The Kier molecular flexibility index (Phi) is 4.49. The monoisotopic (exact) mass is 338 g/mol. The predicted molar refractivity (Wildman–Crippen MR) is 84.5 cm³/mol. The molecule has 1 aromatic heterocycles. The van der Waals surface area contributed by atoms with Crippen LogP contribution in [-0.4, -0.2) is 19.6 Å². The second kappa shape index (κ2) is 6.05. The van der Waals surface area contributed by atoms with E-state index >= 15 is 0 Å². The first kappa shape index (κ1) is 17.0. The number of nitrogens with one attached hydrogen (secondary N) is 2. The summed E-state index contributed by atoms with van der Waals surface area (Å²) in [6, 6.07) is 7.14. The highest BCUT2D eigenvalue weighted by Crippen LogP contribution is 2.24. The van der Waals surface area contributed by atoms with Crippen LogP contribution in [0.15, 0.2) is 46.1 Å². The van der Waals surface area contributed by atoms with Crippen molar-refractivity contribution in [2.75, 3.05) is 5.32 Å². The molecule has 1 aromatic carbocycles. The van der Waals surface area contributed by atoms with E-state index in [2.05, 4.69) is 5.32 Å². The van der Waals surface area contributed by atoms with Crippen molar-refractivity contribution in [2.45, 2.75) is 31.5 Å². The molecule has 7 nitrogen and oxygen atoms in total. The van der Waals surface area contributed by atoms with Crippen LogP contribution < -0.4 is 10.0 Å².